The summed E-state index contributed by atoms with van der Waals surface area (Å²) < 4.78 is 18.8. The molecule has 21 heavy (non-hydrogen) atoms. The van der Waals surface area contributed by atoms with Gasteiger partial charge in [0, 0.05) is 17.4 Å². The van der Waals surface area contributed by atoms with Crippen LogP contribution < -0.4 is 10.1 Å². The smallest absolute Gasteiger partial charge is 0.274 e. The molecule has 0 saturated carbocycles. The number of rotatable bonds is 6. The maximum absolute atomic E-state index is 13.3. The average molecular weight is 290 g/mol. The van der Waals surface area contributed by atoms with E-state index in [4.69, 9.17) is 4.74 Å². The number of anilines is 2. The van der Waals surface area contributed by atoms with Crippen LogP contribution in [0.15, 0.2) is 42.5 Å². The molecular weight excluding hydrogens is 275 g/mol. The number of hydrogen-bond acceptors (Lipinski definition) is 4. The van der Waals surface area contributed by atoms with Gasteiger partial charge in [0.25, 0.3) is 5.69 Å². The van der Waals surface area contributed by atoms with E-state index in [-0.39, 0.29) is 5.69 Å². The van der Waals surface area contributed by atoms with E-state index < -0.39 is 10.7 Å². The monoisotopic (exact) mass is 290 g/mol. The van der Waals surface area contributed by atoms with Crippen LogP contribution in [0.5, 0.6) is 5.75 Å². The Bertz CT molecular complexity index is 629. The number of halogens is 1. The van der Waals surface area contributed by atoms with E-state index in [9.17, 15) is 14.5 Å². The fourth-order valence-corrected chi connectivity index (χ4v) is 1.77. The lowest BCUT2D eigenvalue weighted by molar-refractivity contribution is -0.385. The van der Waals surface area contributed by atoms with Crippen LogP contribution >= 0.6 is 0 Å². The van der Waals surface area contributed by atoms with Gasteiger partial charge in [-0.1, -0.05) is 6.92 Å². The van der Waals surface area contributed by atoms with E-state index in [0.29, 0.717) is 18.0 Å². The lowest BCUT2D eigenvalue weighted by Crippen LogP contribution is -1.96. The molecule has 0 aromatic heterocycles. The first-order chi connectivity index (χ1) is 10.1. The summed E-state index contributed by atoms with van der Waals surface area (Å²) in [5.41, 5.74) is 0.725. The molecule has 0 bridgehead atoms. The molecule has 1 N–H and O–H groups in total. The van der Waals surface area contributed by atoms with Gasteiger partial charge in [-0.3, -0.25) is 10.1 Å². The van der Waals surface area contributed by atoms with Crippen molar-refractivity contribution in [1.82, 2.24) is 0 Å². The molecule has 0 aliphatic rings. The molecular formula is C15H15FN2O3. The molecule has 0 heterocycles. The minimum absolute atomic E-state index is 0.291. The van der Waals surface area contributed by atoms with Crippen LogP contribution in [0, 0.1) is 15.9 Å². The zero-order valence-corrected chi connectivity index (χ0v) is 11.5. The normalized spacial score (nSPS) is 10.2. The van der Waals surface area contributed by atoms with Crippen LogP contribution in [0.2, 0.25) is 0 Å². The first-order valence-corrected chi connectivity index (χ1v) is 6.53. The van der Waals surface area contributed by atoms with E-state index in [1.807, 2.05) is 6.92 Å². The second-order valence-corrected chi connectivity index (χ2v) is 4.45. The van der Waals surface area contributed by atoms with Gasteiger partial charge < -0.3 is 10.1 Å². The Hall–Kier alpha value is -2.63. The maximum Gasteiger partial charge on any atom is 0.274 e. The van der Waals surface area contributed by atoms with Crippen molar-refractivity contribution in [3.63, 3.8) is 0 Å². The van der Waals surface area contributed by atoms with E-state index in [1.54, 1.807) is 24.3 Å². The lowest BCUT2D eigenvalue weighted by Gasteiger charge is -2.08. The number of ether oxygens (including phenoxy) is 1. The summed E-state index contributed by atoms with van der Waals surface area (Å²) in [6, 6.07) is 10.5. The molecule has 0 aliphatic heterocycles. The number of nitrogens with zero attached hydrogens (tertiary/aromatic N) is 1. The van der Waals surface area contributed by atoms with Crippen molar-refractivity contribution in [1.29, 1.82) is 0 Å². The lowest BCUT2D eigenvalue weighted by atomic mass is 10.2. The molecule has 0 spiro atoms. The summed E-state index contributed by atoms with van der Waals surface area (Å²) in [4.78, 5) is 10.1. The van der Waals surface area contributed by atoms with E-state index in [0.717, 1.165) is 18.2 Å². The Morgan fingerprint density at radius 3 is 2.52 bits per heavy atom. The number of hydrogen-bond donors (Lipinski definition) is 1. The third-order valence-electron chi connectivity index (χ3n) is 2.71. The van der Waals surface area contributed by atoms with Gasteiger partial charge in [0.1, 0.15) is 11.6 Å². The Labute approximate surface area is 121 Å². The van der Waals surface area contributed by atoms with Gasteiger partial charge in [0.2, 0.25) is 0 Å². The van der Waals surface area contributed by atoms with Gasteiger partial charge in [0.05, 0.1) is 17.6 Å². The van der Waals surface area contributed by atoms with Gasteiger partial charge in [-0.05, 0) is 36.8 Å². The van der Waals surface area contributed by atoms with E-state index in [2.05, 4.69) is 5.32 Å². The first-order valence-electron chi connectivity index (χ1n) is 6.53. The molecule has 0 fully saturated rings. The Morgan fingerprint density at radius 2 is 1.90 bits per heavy atom. The third-order valence-corrected chi connectivity index (χ3v) is 2.71. The standard InChI is InChI=1S/C15H15FN2O3/c1-2-7-21-15-5-3-12(4-6-15)17-13-8-11(16)9-14(10-13)18(19)20/h3-6,8-10,17H,2,7H2,1H3. The van der Waals surface area contributed by atoms with Gasteiger partial charge in [0.15, 0.2) is 0 Å². The summed E-state index contributed by atoms with van der Waals surface area (Å²) in [7, 11) is 0. The highest BCUT2D eigenvalue weighted by molar-refractivity contribution is 5.63. The summed E-state index contributed by atoms with van der Waals surface area (Å²) in [6.07, 6.45) is 0.924. The predicted molar refractivity (Wildman–Crippen MR) is 78.6 cm³/mol. The molecule has 0 amide bonds. The first kappa shape index (κ1) is 14.8. The second-order valence-electron chi connectivity index (χ2n) is 4.45. The van der Waals surface area contributed by atoms with Gasteiger partial charge in [-0.15, -0.1) is 0 Å². The second kappa shape index (κ2) is 6.69. The third kappa shape index (κ3) is 4.17. The van der Waals surface area contributed by atoms with Crippen LogP contribution in [0.4, 0.5) is 21.5 Å². The van der Waals surface area contributed by atoms with Gasteiger partial charge >= 0.3 is 0 Å². The number of benzene rings is 2. The van der Waals surface area contributed by atoms with Crippen molar-refractivity contribution < 1.29 is 14.1 Å². The van der Waals surface area contributed by atoms with Gasteiger partial charge in [-0.2, -0.15) is 0 Å². The van der Waals surface area contributed by atoms with E-state index >= 15 is 0 Å². The van der Waals surface area contributed by atoms with Crippen LogP contribution in [0.1, 0.15) is 13.3 Å². The zero-order valence-electron chi connectivity index (χ0n) is 11.5. The minimum atomic E-state index is -0.658. The van der Waals surface area contributed by atoms with Crippen molar-refractivity contribution in [3.8, 4) is 5.75 Å². The largest absolute Gasteiger partial charge is 0.494 e. The van der Waals surface area contributed by atoms with Crippen LogP contribution in [0.3, 0.4) is 0 Å². The zero-order chi connectivity index (χ0) is 15.2. The van der Waals surface area contributed by atoms with Crippen LogP contribution in [-0.4, -0.2) is 11.5 Å². The molecule has 2 aromatic rings. The maximum atomic E-state index is 13.3. The average Bonchev–Trinajstić information content (AvgIpc) is 2.46. The molecule has 0 unspecified atom stereocenters. The summed E-state index contributed by atoms with van der Waals surface area (Å²) in [6.45, 7) is 2.66. The molecule has 0 saturated heterocycles. The molecule has 2 aromatic carbocycles. The number of nitrogens with one attached hydrogen (secondary N) is 1. The molecule has 0 atom stereocenters. The SMILES string of the molecule is CCCOc1ccc(Nc2cc(F)cc([N+](=O)[O-])c2)cc1. The number of non-ortho nitro benzene ring substituents is 1. The minimum Gasteiger partial charge on any atom is -0.494 e. The van der Waals surface area contributed by atoms with Gasteiger partial charge in [-0.25, -0.2) is 4.39 Å². The topological polar surface area (TPSA) is 64.4 Å². The van der Waals surface area contributed by atoms with Crippen LogP contribution in [-0.2, 0) is 0 Å². The Morgan fingerprint density at radius 1 is 1.19 bits per heavy atom. The molecule has 2 rings (SSSR count). The highest BCUT2D eigenvalue weighted by atomic mass is 19.1. The van der Waals surface area contributed by atoms with E-state index in [1.165, 1.54) is 12.1 Å². The highest BCUT2D eigenvalue weighted by Crippen LogP contribution is 2.24. The number of nitro benzene ring substituents is 1. The van der Waals surface area contributed by atoms with Crippen LogP contribution in [0.25, 0.3) is 0 Å². The molecule has 110 valence electrons. The van der Waals surface area contributed by atoms with Crippen molar-refractivity contribution in [2.45, 2.75) is 13.3 Å². The predicted octanol–water partition coefficient (Wildman–Crippen LogP) is 4.27. The fraction of sp³-hybridized carbons (Fsp3) is 0.200. The highest BCUT2D eigenvalue weighted by Gasteiger charge is 2.09. The molecule has 0 aliphatic carbocycles. The molecule has 5 nitrogen and oxygen atoms in total. The summed E-state index contributed by atoms with van der Waals surface area (Å²) in [5.74, 6) is 0.0854. The van der Waals surface area contributed by atoms with Crippen molar-refractivity contribution in [2.24, 2.45) is 0 Å². The fourth-order valence-electron chi connectivity index (χ4n) is 1.77. The van der Waals surface area contributed by atoms with Crippen molar-refractivity contribution >= 4 is 17.1 Å². The quantitative estimate of drug-likeness (QED) is 0.637. The number of nitro groups is 1. The Kier molecular flexibility index (Phi) is 4.71. The Balaban J connectivity index is 2.12. The molecule has 0 radical (unpaired) electrons. The summed E-state index contributed by atoms with van der Waals surface area (Å²) in [5, 5.41) is 13.6. The van der Waals surface area contributed by atoms with Crippen molar-refractivity contribution in [3.05, 3.63) is 58.4 Å². The molecule has 6 heteroatoms. The van der Waals surface area contributed by atoms with Crippen molar-refractivity contribution in [2.75, 3.05) is 11.9 Å². The summed E-state index contributed by atoms with van der Waals surface area (Å²) >= 11 is 0.